The molecule has 6 atom stereocenters. The van der Waals surface area contributed by atoms with Crippen LogP contribution in [0.5, 0.6) is 0 Å². The predicted molar refractivity (Wildman–Crippen MR) is 117 cm³/mol. The van der Waals surface area contributed by atoms with Gasteiger partial charge in [-0.2, -0.15) is 0 Å². The van der Waals surface area contributed by atoms with Gasteiger partial charge in [0.2, 0.25) is 0 Å². The van der Waals surface area contributed by atoms with Crippen LogP contribution in [-0.4, -0.2) is 56.9 Å². The average molecular weight is 418 g/mol. The molecule has 0 radical (unpaired) electrons. The van der Waals surface area contributed by atoms with E-state index < -0.39 is 0 Å². The van der Waals surface area contributed by atoms with Crippen molar-refractivity contribution in [2.75, 3.05) is 26.4 Å². The van der Waals surface area contributed by atoms with Gasteiger partial charge in [-0.3, -0.25) is 4.84 Å². The van der Waals surface area contributed by atoms with Gasteiger partial charge in [0, 0.05) is 32.3 Å². The van der Waals surface area contributed by atoms with Gasteiger partial charge in [0.1, 0.15) is 24.4 Å². The molecule has 3 unspecified atom stereocenters. The van der Waals surface area contributed by atoms with Crippen molar-refractivity contribution < 1.29 is 23.8 Å². The molecule has 174 valence electrons. The van der Waals surface area contributed by atoms with Gasteiger partial charge in [-0.05, 0) is 25.7 Å². The van der Waals surface area contributed by atoms with Crippen molar-refractivity contribution in [1.82, 2.24) is 0 Å². The van der Waals surface area contributed by atoms with Crippen molar-refractivity contribution in [2.24, 2.45) is 11.8 Å². The SMILES string of the molecule is CCCCOC1[C@@H](C)C(ON)C(OCCCC)[C@H](OCCCC)[C@@H]1OCCCC. The fraction of sp³-hybridized carbons (Fsp3) is 1.00. The van der Waals surface area contributed by atoms with E-state index in [9.17, 15) is 0 Å². The number of nitrogens with two attached hydrogens (primary N) is 1. The molecule has 1 aliphatic carbocycles. The van der Waals surface area contributed by atoms with Crippen molar-refractivity contribution >= 4 is 0 Å². The van der Waals surface area contributed by atoms with Gasteiger partial charge in [-0.25, -0.2) is 5.90 Å². The summed E-state index contributed by atoms with van der Waals surface area (Å²) in [5.41, 5.74) is 0. The highest BCUT2D eigenvalue weighted by atomic mass is 16.7. The van der Waals surface area contributed by atoms with Crippen LogP contribution >= 0.6 is 0 Å². The molecule has 29 heavy (non-hydrogen) atoms. The smallest absolute Gasteiger partial charge is 0.115 e. The second kappa shape index (κ2) is 16.5. The molecule has 0 bridgehead atoms. The molecule has 0 saturated heterocycles. The summed E-state index contributed by atoms with van der Waals surface area (Å²) in [6.45, 7) is 13.6. The molecule has 0 aromatic carbocycles. The van der Waals surface area contributed by atoms with E-state index in [4.69, 9.17) is 29.7 Å². The molecule has 1 rings (SSSR count). The van der Waals surface area contributed by atoms with Gasteiger partial charge in [0.25, 0.3) is 0 Å². The van der Waals surface area contributed by atoms with E-state index in [1.165, 1.54) is 0 Å². The number of unbranched alkanes of at least 4 members (excludes halogenated alkanes) is 4. The Kier molecular flexibility index (Phi) is 15.2. The minimum Gasteiger partial charge on any atom is -0.375 e. The second-order valence-electron chi connectivity index (χ2n) is 8.22. The van der Waals surface area contributed by atoms with Crippen LogP contribution in [0.2, 0.25) is 0 Å². The van der Waals surface area contributed by atoms with Crippen LogP contribution < -0.4 is 5.90 Å². The van der Waals surface area contributed by atoms with Gasteiger partial charge in [0.05, 0.1) is 6.10 Å². The van der Waals surface area contributed by atoms with E-state index in [0.29, 0.717) is 26.4 Å². The molecule has 0 spiro atoms. The largest absolute Gasteiger partial charge is 0.375 e. The fourth-order valence-electron chi connectivity index (χ4n) is 3.82. The quantitative estimate of drug-likeness (QED) is 0.275. The van der Waals surface area contributed by atoms with Crippen LogP contribution in [0.4, 0.5) is 0 Å². The third kappa shape index (κ3) is 8.80. The van der Waals surface area contributed by atoms with Crippen LogP contribution in [0.25, 0.3) is 0 Å². The fourth-order valence-corrected chi connectivity index (χ4v) is 3.82. The minimum absolute atomic E-state index is 0.0566. The molecule has 0 amide bonds. The van der Waals surface area contributed by atoms with E-state index in [-0.39, 0.29) is 36.4 Å². The summed E-state index contributed by atoms with van der Waals surface area (Å²) in [5.74, 6) is 5.81. The summed E-state index contributed by atoms with van der Waals surface area (Å²) < 4.78 is 25.4. The van der Waals surface area contributed by atoms with E-state index >= 15 is 0 Å². The van der Waals surface area contributed by atoms with Crippen LogP contribution in [0.3, 0.4) is 0 Å². The summed E-state index contributed by atoms with van der Waals surface area (Å²) in [6.07, 6.45) is 7.33. The Labute approximate surface area is 179 Å². The topological polar surface area (TPSA) is 72.2 Å². The van der Waals surface area contributed by atoms with Crippen LogP contribution in [0.1, 0.15) is 86.0 Å². The first-order valence-electron chi connectivity index (χ1n) is 12.0. The number of hydrogen-bond donors (Lipinski definition) is 1. The highest BCUT2D eigenvalue weighted by Crippen LogP contribution is 2.35. The number of ether oxygens (including phenoxy) is 4. The van der Waals surface area contributed by atoms with Crippen molar-refractivity contribution in [3.8, 4) is 0 Å². The molecule has 0 aromatic heterocycles. The van der Waals surface area contributed by atoms with Crippen molar-refractivity contribution in [3.63, 3.8) is 0 Å². The maximum atomic E-state index is 6.38. The van der Waals surface area contributed by atoms with Crippen LogP contribution in [0.15, 0.2) is 0 Å². The molecule has 0 aromatic rings. The lowest BCUT2D eigenvalue weighted by atomic mass is 9.78. The first-order chi connectivity index (χ1) is 14.2. The second-order valence-corrected chi connectivity index (χ2v) is 8.22. The van der Waals surface area contributed by atoms with E-state index in [2.05, 4.69) is 34.6 Å². The van der Waals surface area contributed by atoms with Gasteiger partial charge in [-0.15, -0.1) is 0 Å². The first kappa shape index (κ1) is 26.8. The van der Waals surface area contributed by atoms with Crippen molar-refractivity contribution in [2.45, 2.75) is 117 Å². The Balaban J connectivity index is 3.07. The summed E-state index contributed by atoms with van der Waals surface area (Å²) in [5, 5.41) is 0. The monoisotopic (exact) mass is 417 g/mol. The van der Waals surface area contributed by atoms with E-state index in [1.807, 2.05) is 0 Å². The molecule has 0 heterocycles. The Bertz CT molecular complexity index is 384. The average Bonchev–Trinajstić information content (AvgIpc) is 2.72. The molecular weight excluding hydrogens is 370 g/mol. The molecule has 1 fully saturated rings. The van der Waals surface area contributed by atoms with E-state index in [1.54, 1.807) is 0 Å². The van der Waals surface area contributed by atoms with Gasteiger partial charge in [-0.1, -0.05) is 60.3 Å². The normalized spacial score (nSPS) is 30.0. The zero-order valence-corrected chi connectivity index (χ0v) is 19.6. The van der Waals surface area contributed by atoms with Crippen LogP contribution in [-0.2, 0) is 23.8 Å². The molecule has 2 N–H and O–H groups in total. The maximum Gasteiger partial charge on any atom is 0.115 e. The summed E-state index contributed by atoms with van der Waals surface area (Å²) >= 11 is 0. The zero-order chi connectivity index (χ0) is 21.5. The molecule has 1 aliphatic rings. The van der Waals surface area contributed by atoms with Gasteiger partial charge >= 0.3 is 0 Å². The molecule has 0 aliphatic heterocycles. The first-order valence-corrected chi connectivity index (χ1v) is 12.0. The zero-order valence-electron chi connectivity index (χ0n) is 19.6. The Morgan fingerprint density at radius 1 is 0.517 bits per heavy atom. The third-order valence-electron chi connectivity index (χ3n) is 5.72. The lowest BCUT2D eigenvalue weighted by Crippen LogP contribution is -2.64. The van der Waals surface area contributed by atoms with Gasteiger partial charge < -0.3 is 18.9 Å². The van der Waals surface area contributed by atoms with E-state index in [0.717, 1.165) is 51.4 Å². The molecule has 6 nitrogen and oxygen atoms in total. The lowest BCUT2D eigenvalue weighted by molar-refractivity contribution is -0.259. The lowest BCUT2D eigenvalue weighted by Gasteiger charge is -2.48. The standard InChI is InChI=1S/C23H47NO5/c1-6-10-14-25-19-18(5)20(29-24)22(27-16-12-8-3)23(28-17-13-9-4)21(19)26-15-11-7-2/h18-23H,6-17,24H2,1-5H3/t18-,19?,20?,21-,22?,23-/m1/s1. The Morgan fingerprint density at radius 3 is 1.17 bits per heavy atom. The molecule has 6 heteroatoms. The molecular formula is C23H47NO5. The highest BCUT2D eigenvalue weighted by molar-refractivity contribution is 5.01. The minimum atomic E-state index is -0.281. The Morgan fingerprint density at radius 2 is 0.828 bits per heavy atom. The number of hydrogen-bond acceptors (Lipinski definition) is 6. The summed E-state index contributed by atoms with van der Waals surface area (Å²) in [6, 6.07) is 0. The number of rotatable bonds is 17. The van der Waals surface area contributed by atoms with Crippen molar-refractivity contribution in [1.29, 1.82) is 0 Å². The maximum absolute atomic E-state index is 6.38. The highest BCUT2D eigenvalue weighted by Gasteiger charge is 2.52. The molecule has 1 saturated carbocycles. The van der Waals surface area contributed by atoms with Crippen molar-refractivity contribution in [3.05, 3.63) is 0 Å². The third-order valence-corrected chi connectivity index (χ3v) is 5.72. The summed E-state index contributed by atoms with van der Waals surface area (Å²) in [4.78, 5) is 5.45. The van der Waals surface area contributed by atoms with Crippen LogP contribution in [0, 0.1) is 5.92 Å². The predicted octanol–water partition coefficient (Wildman–Crippen LogP) is 4.64. The van der Waals surface area contributed by atoms with Gasteiger partial charge in [0.15, 0.2) is 0 Å². The summed E-state index contributed by atoms with van der Waals surface area (Å²) in [7, 11) is 0. The Hall–Kier alpha value is -0.240.